The molecule has 2 aromatic carbocycles. The number of carbonyl (C=O) groups excluding carboxylic acids is 1. The lowest BCUT2D eigenvalue weighted by Crippen LogP contribution is -2.23. The van der Waals surface area contributed by atoms with Gasteiger partial charge < -0.3 is 15.8 Å². The fourth-order valence-electron chi connectivity index (χ4n) is 3.47. The van der Waals surface area contributed by atoms with E-state index in [9.17, 15) is 9.18 Å². The van der Waals surface area contributed by atoms with Crippen molar-refractivity contribution in [2.24, 2.45) is 0 Å². The number of nitrogens with two attached hydrogens (primary N) is 1. The first-order valence-electron chi connectivity index (χ1n) is 10.9. The number of nitrogens with zero attached hydrogens (tertiary/aromatic N) is 3. The summed E-state index contributed by atoms with van der Waals surface area (Å²) in [6, 6.07) is 11.3. The zero-order valence-electron chi connectivity index (χ0n) is 19.4. The van der Waals surface area contributed by atoms with Crippen LogP contribution in [0, 0.1) is 12.7 Å². The number of ether oxygens (including phenoxy) is 1. The number of carbonyl (C=O) groups is 1. The lowest BCUT2D eigenvalue weighted by molar-refractivity contribution is 0.0950. The maximum Gasteiger partial charge on any atom is 0.251 e. The molecule has 4 rings (SSSR count). The minimum atomic E-state index is -0.690. The maximum atomic E-state index is 13.9. The van der Waals surface area contributed by atoms with Crippen molar-refractivity contribution in [3.05, 3.63) is 99.4 Å². The Morgan fingerprint density at radius 2 is 1.81 bits per heavy atom. The van der Waals surface area contributed by atoms with Crippen LogP contribution in [-0.2, 0) is 6.54 Å². The second-order valence-electron chi connectivity index (χ2n) is 8.03. The number of pyridine rings is 1. The van der Waals surface area contributed by atoms with Gasteiger partial charge >= 0.3 is 0 Å². The highest BCUT2D eigenvalue weighted by molar-refractivity contribution is 6.36. The molecular formula is C26H22Cl2FN5O2. The van der Waals surface area contributed by atoms with Gasteiger partial charge in [-0.1, -0.05) is 35.3 Å². The number of halogens is 3. The van der Waals surface area contributed by atoms with E-state index in [0.717, 1.165) is 11.3 Å². The van der Waals surface area contributed by atoms with Crippen molar-refractivity contribution in [2.75, 3.05) is 5.73 Å². The molecule has 0 spiro atoms. The Morgan fingerprint density at radius 3 is 2.50 bits per heavy atom. The normalized spacial score (nSPS) is 11.7. The number of aryl methyl sites for hydroxylation is 1. The number of anilines is 1. The number of nitrogens with one attached hydrogen (secondary N) is 1. The first-order valence-corrected chi connectivity index (χ1v) is 11.7. The average molecular weight is 526 g/mol. The van der Waals surface area contributed by atoms with Crippen LogP contribution in [0.2, 0.25) is 10.0 Å². The topological polar surface area (TPSA) is 103 Å². The summed E-state index contributed by atoms with van der Waals surface area (Å²) in [4.78, 5) is 25.1. The van der Waals surface area contributed by atoms with Crippen LogP contribution in [-0.4, -0.2) is 20.9 Å². The van der Waals surface area contributed by atoms with Crippen LogP contribution in [0.3, 0.4) is 0 Å². The lowest BCUT2D eigenvalue weighted by Gasteiger charge is -2.19. The average Bonchev–Trinajstić information content (AvgIpc) is 2.87. The Balaban J connectivity index is 1.48. The molecule has 2 aromatic heterocycles. The molecule has 0 radical (unpaired) electrons. The van der Waals surface area contributed by atoms with E-state index in [0.29, 0.717) is 22.4 Å². The molecule has 0 saturated carbocycles. The van der Waals surface area contributed by atoms with Crippen LogP contribution in [0.5, 0.6) is 5.75 Å². The number of nitrogen functional groups attached to an aromatic ring is 1. The van der Waals surface area contributed by atoms with Crippen LogP contribution < -0.4 is 15.8 Å². The van der Waals surface area contributed by atoms with E-state index in [4.69, 9.17) is 33.7 Å². The van der Waals surface area contributed by atoms with Gasteiger partial charge in [0.1, 0.15) is 11.9 Å². The molecule has 3 N–H and O–H groups in total. The predicted molar refractivity (Wildman–Crippen MR) is 137 cm³/mol. The van der Waals surface area contributed by atoms with Crippen LogP contribution >= 0.6 is 23.2 Å². The first-order chi connectivity index (χ1) is 17.2. The van der Waals surface area contributed by atoms with E-state index in [1.165, 1.54) is 12.1 Å². The molecule has 0 aliphatic rings. The summed E-state index contributed by atoms with van der Waals surface area (Å²) >= 11 is 12.3. The summed E-state index contributed by atoms with van der Waals surface area (Å²) in [5.74, 6) is -0.384. The van der Waals surface area contributed by atoms with Crippen molar-refractivity contribution >= 4 is 34.9 Å². The van der Waals surface area contributed by atoms with Gasteiger partial charge in [0.25, 0.3) is 5.91 Å². The Kier molecular flexibility index (Phi) is 7.67. The van der Waals surface area contributed by atoms with Crippen LogP contribution in [0.15, 0.2) is 61.1 Å². The van der Waals surface area contributed by atoms with E-state index in [1.54, 1.807) is 55.8 Å². The number of amides is 1. The maximum absolute atomic E-state index is 13.9. The monoisotopic (exact) mass is 525 g/mol. The van der Waals surface area contributed by atoms with Gasteiger partial charge in [-0.15, -0.1) is 0 Å². The third-order valence-corrected chi connectivity index (χ3v) is 6.13. The van der Waals surface area contributed by atoms with E-state index in [2.05, 4.69) is 20.3 Å². The highest BCUT2D eigenvalue weighted by Crippen LogP contribution is 2.37. The largest absolute Gasteiger partial charge is 0.482 e. The highest BCUT2D eigenvalue weighted by atomic mass is 35.5. The molecule has 2 heterocycles. The van der Waals surface area contributed by atoms with E-state index in [1.807, 2.05) is 6.92 Å². The van der Waals surface area contributed by atoms with Gasteiger partial charge in [0.15, 0.2) is 11.6 Å². The van der Waals surface area contributed by atoms with Gasteiger partial charge in [-0.05, 0) is 49.7 Å². The quantitative estimate of drug-likeness (QED) is 0.289. The van der Waals surface area contributed by atoms with E-state index in [-0.39, 0.29) is 34.1 Å². The number of aromatic nitrogens is 3. The van der Waals surface area contributed by atoms with Gasteiger partial charge in [0.2, 0.25) is 0 Å². The summed E-state index contributed by atoms with van der Waals surface area (Å²) < 4.78 is 19.9. The van der Waals surface area contributed by atoms with Crippen molar-refractivity contribution in [1.29, 1.82) is 0 Å². The third-order valence-electron chi connectivity index (χ3n) is 5.42. The molecule has 184 valence electrons. The minimum Gasteiger partial charge on any atom is -0.482 e. The fraction of sp³-hybridized carbons (Fsp3) is 0.154. The number of hydrogen-bond donors (Lipinski definition) is 2. The van der Waals surface area contributed by atoms with Crippen LogP contribution in [0.25, 0.3) is 11.1 Å². The van der Waals surface area contributed by atoms with Gasteiger partial charge in [0.05, 0.1) is 29.2 Å². The first kappa shape index (κ1) is 25.3. The van der Waals surface area contributed by atoms with Crippen molar-refractivity contribution in [1.82, 2.24) is 20.3 Å². The Labute approximate surface area is 217 Å². The fourth-order valence-corrected chi connectivity index (χ4v) is 4.15. The molecule has 4 aromatic rings. The summed E-state index contributed by atoms with van der Waals surface area (Å²) in [5.41, 5.74) is 9.80. The summed E-state index contributed by atoms with van der Waals surface area (Å²) in [6.07, 6.45) is 4.19. The molecule has 0 saturated heterocycles. The summed E-state index contributed by atoms with van der Waals surface area (Å²) in [6.45, 7) is 3.81. The van der Waals surface area contributed by atoms with Crippen molar-refractivity contribution < 1.29 is 13.9 Å². The molecule has 7 nitrogen and oxygen atoms in total. The predicted octanol–water partition coefficient (Wildman–Crippen LogP) is 5.95. The van der Waals surface area contributed by atoms with Gasteiger partial charge in [-0.25, -0.2) is 9.37 Å². The minimum absolute atomic E-state index is 0.110. The van der Waals surface area contributed by atoms with E-state index < -0.39 is 11.9 Å². The molecule has 1 atom stereocenters. The molecule has 0 fully saturated rings. The summed E-state index contributed by atoms with van der Waals surface area (Å²) in [7, 11) is 0. The molecule has 36 heavy (non-hydrogen) atoms. The van der Waals surface area contributed by atoms with Gasteiger partial charge in [0, 0.05) is 34.1 Å². The standard InChI is InChI=1S/C26H22Cl2FN5O2/c1-14-10-32-19(12-31-14)13-34-26(35)17-5-3-16(4-6-17)18-9-22(25(30)33-11-18)36-15(2)23-20(27)7-8-21(29)24(23)28/h3-12,15H,13H2,1-2H3,(H2,30,33)(H,34,35). The second kappa shape index (κ2) is 10.9. The number of rotatable bonds is 7. The number of hydrogen-bond acceptors (Lipinski definition) is 6. The third kappa shape index (κ3) is 5.72. The lowest BCUT2D eigenvalue weighted by atomic mass is 10.0. The molecule has 0 aliphatic heterocycles. The van der Waals surface area contributed by atoms with Gasteiger partial charge in [-0.2, -0.15) is 0 Å². The number of benzene rings is 2. The van der Waals surface area contributed by atoms with Crippen LogP contribution in [0.1, 0.15) is 40.3 Å². The SMILES string of the molecule is Cc1cnc(CNC(=O)c2ccc(-c3cnc(N)c(OC(C)c4c(Cl)ccc(F)c4Cl)c3)cc2)cn1. The zero-order chi connectivity index (χ0) is 25.8. The zero-order valence-corrected chi connectivity index (χ0v) is 20.9. The molecular weight excluding hydrogens is 504 g/mol. The molecule has 1 amide bonds. The molecule has 10 heteroatoms. The molecule has 0 bridgehead atoms. The van der Waals surface area contributed by atoms with E-state index >= 15 is 0 Å². The summed E-state index contributed by atoms with van der Waals surface area (Å²) in [5, 5.41) is 2.99. The van der Waals surface area contributed by atoms with Crippen LogP contribution in [0.4, 0.5) is 10.2 Å². The second-order valence-corrected chi connectivity index (χ2v) is 8.82. The Hall–Kier alpha value is -3.75. The molecule has 0 aliphatic carbocycles. The Morgan fingerprint density at radius 1 is 1.06 bits per heavy atom. The Bertz CT molecular complexity index is 1400. The van der Waals surface area contributed by atoms with Crippen molar-refractivity contribution in [3.63, 3.8) is 0 Å². The smallest absolute Gasteiger partial charge is 0.251 e. The highest BCUT2D eigenvalue weighted by Gasteiger charge is 2.20. The van der Waals surface area contributed by atoms with Gasteiger partial charge in [-0.3, -0.25) is 14.8 Å². The van der Waals surface area contributed by atoms with Crippen molar-refractivity contribution in [2.45, 2.75) is 26.5 Å². The van der Waals surface area contributed by atoms with Crippen molar-refractivity contribution in [3.8, 4) is 16.9 Å². The molecule has 1 unspecified atom stereocenters.